The zero-order valence-corrected chi connectivity index (χ0v) is 12.1. The third kappa shape index (κ3) is 3.46. The van der Waals surface area contributed by atoms with E-state index in [1.54, 1.807) is 6.07 Å². The summed E-state index contributed by atoms with van der Waals surface area (Å²) in [5.41, 5.74) is 6.49. The van der Waals surface area contributed by atoms with E-state index in [1.165, 1.54) is 11.3 Å². The number of anilines is 1. The van der Waals surface area contributed by atoms with Crippen LogP contribution in [-0.2, 0) is 0 Å². The number of amides is 1. The minimum absolute atomic E-state index is 0.0722. The number of nitrogens with two attached hydrogens (primary N) is 1. The largest absolute Gasteiger partial charge is 0.398 e. The first-order valence-corrected chi connectivity index (χ1v) is 6.77. The Hall–Kier alpha value is -1.03. The predicted octanol–water partition coefficient (Wildman–Crippen LogP) is 3.15. The summed E-state index contributed by atoms with van der Waals surface area (Å²) in [5.74, 6) is 0.665. The molecule has 0 saturated heterocycles. The van der Waals surface area contributed by atoms with Crippen LogP contribution in [0.1, 0.15) is 41.7 Å². The van der Waals surface area contributed by atoms with Gasteiger partial charge in [0.2, 0.25) is 0 Å². The van der Waals surface area contributed by atoms with Crippen molar-refractivity contribution in [2.45, 2.75) is 40.2 Å². The fourth-order valence-electron chi connectivity index (χ4n) is 1.82. The lowest BCUT2D eigenvalue weighted by Gasteiger charge is -2.25. The molecule has 1 unspecified atom stereocenters. The number of hydrogen-bond donors (Lipinski definition) is 1. The molecule has 96 valence electrons. The number of carbonyl (C=O) groups is 1. The van der Waals surface area contributed by atoms with Crippen molar-refractivity contribution in [2.75, 3.05) is 12.8 Å². The van der Waals surface area contributed by atoms with Crippen LogP contribution in [0.2, 0.25) is 0 Å². The maximum Gasteiger partial charge on any atom is 0.263 e. The highest BCUT2D eigenvalue weighted by Crippen LogP contribution is 2.25. The van der Waals surface area contributed by atoms with Gasteiger partial charge in [0, 0.05) is 23.7 Å². The highest BCUT2D eigenvalue weighted by atomic mass is 32.1. The molecule has 0 bridgehead atoms. The van der Waals surface area contributed by atoms with Gasteiger partial charge < -0.3 is 10.6 Å². The van der Waals surface area contributed by atoms with Crippen LogP contribution >= 0.6 is 11.3 Å². The third-order valence-electron chi connectivity index (χ3n) is 2.96. The fraction of sp³-hybridized carbons (Fsp3) is 0.615. The van der Waals surface area contributed by atoms with Crippen molar-refractivity contribution in [2.24, 2.45) is 5.92 Å². The molecule has 1 atom stereocenters. The van der Waals surface area contributed by atoms with E-state index in [0.717, 1.165) is 16.2 Å². The second-order valence-corrected chi connectivity index (χ2v) is 6.27. The number of rotatable bonds is 4. The van der Waals surface area contributed by atoms with Crippen molar-refractivity contribution in [3.8, 4) is 0 Å². The standard InChI is InChI=1S/C13H22N2OS/c1-8(2)6-9(3)15(5)13(16)12-7-11(14)10(4)17-12/h7-9H,6,14H2,1-5H3. The van der Waals surface area contributed by atoms with Crippen molar-refractivity contribution in [1.29, 1.82) is 0 Å². The van der Waals surface area contributed by atoms with Crippen molar-refractivity contribution in [3.63, 3.8) is 0 Å². The van der Waals surface area contributed by atoms with Crippen LogP contribution < -0.4 is 5.73 Å². The first-order chi connectivity index (χ1) is 7.82. The molecular formula is C13H22N2OS. The summed E-state index contributed by atoms with van der Waals surface area (Å²) in [6, 6.07) is 2.03. The first-order valence-electron chi connectivity index (χ1n) is 5.96. The van der Waals surface area contributed by atoms with Gasteiger partial charge in [0.15, 0.2) is 0 Å². The number of nitrogen functional groups attached to an aromatic ring is 1. The summed E-state index contributed by atoms with van der Waals surface area (Å²) in [5, 5.41) is 0. The maximum absolute atomic E-state index is 12.2. The smallest absolute Gasteiger partial charge is 0.263 e. The summed E-state index contributed by atoms with van der Waals surface area (Å²) < 4.78 is 0. The zero-order valence-electron chi connectivity index (χ0n) is 11.3. The van der Waals surface area contributed by atoms with E-state index >= 15 is 0 Å². The van der Waals surface area contributed by atoms with E-state index in [9.17, 15) is 4.79 Å². The molecule has 1 amide bonds. The highest BCUT2D eigenvalue weighted by Gasteiger charge is 2.20. The number of aryl methyl sites for hydroxylation is 1. The Morgan fingerprint density at radius 2 is 2.06 bits per heavy atom. The molecule has 2 N–H and O–H groups in total. The quantitative estimate of drug-likeness (QED) is 0.897. The van der Waals surface area contributed by atoms with E-state index < -0.39 is 0 Å². The summed E-state index contributed by atoms with van der Waals surface area (Å²) in [6.45, 7) is 8.36. The first kappa shape index (κ1) is 14.0. The molecule has 0 spiro atoms. The van der Waals surface area contributed by atoms with Gasteiger partial charge in [-0.05, 0) is 32.3 Å². The van der Waals surface area contributed by atoms with Gasteiger partial charge in [-0.25, -0.2) is 0 Å². The normalized spacial score (nSPS) is 12.8. The van der Waals surface area contributed by atoms with E-state index in [1.807, 2.05) is 18.9 Å². The van der Waals surface area contributed by atoms with Crippen molar-refractivity contribution >= 4 is 22.9 Å². The Bertz CT molecular complexity index is 379. The van der Waals surface area contributed by atoms with Crippen molar-refractivity contribution in [3.05, 3.63) is 15.8 Å². The van der Waals surface area contributed by atoms with Crippen molar-refractivity contribution < 1.29 is 4.79 Å². The highest BCUT2D eigenvalue weighted by molar-refractivity contribution is 7.14. The second-order valence-electron chi connectivity index (χ2n) is 5.02. The Balaban J connectivity index is 2.75. The molecule has 0 radical (unpaired) electrons. The topological polar surface area (TPSA) is 46.3 Å². The van der Waals surface area contributed by atoms with E-state index in [0.29, 0.717) is 11.6 Å². The van der Waals surface area contributed by atoms with E-state index in [-0.39, 0.29) is 11.9 Å². The van der Waals surface area contributed by atoms with E-state index in [2.05, 4.69) is 20.8 Å². The molecule has 1 rings (SSSR count). The Kier molecular flexibility index (Phi) is 4.57. The maximum atomic E-state index is 12.2. The molecular weight excluding hydrogens is 232 g/mol. The molecule has 0 aliphatic heterocycles. The molecule has 1 heterocycles. The van der Waals surface area contributed by atoms with Gasteiger partial charge in [0.1, 0.15) is 0 Å². The minimum atomic E-state index is 0.0722. The number of thiophene rings is 1. The molecule has 3 nitrogen and oxygen atoms in total. The minimum Gasteiger partial charge on any atom is -0.398 e. The van der Waals surface area contributed by atoms with Gasteiger partial charge >= 0.3 is 0 Å². The van der Waals surface area contributed by atoms with Crippen molar-refractivity contribution in [1.82, 2.24) is 4.90 Å². The number of nitrogens with zero attached hydrogens (tertiary/aromatic N) is 1. The Labute approximate surface area is 108 Å². The second kappa shape index (κ2) is 5.54. The van der Waals surface area contributed by atoms with Gasteiger partial charge in [0.05, 0.1) is 4.88 Å². The molecule has 0 saturated carbocycles. The molecule has 0 aromatic carbocycles. The Morgan fingerprint density at radius 3 is 2.47 bits per heavy atom. The van der Waals surface area contributed by atoms with Crippen LogP contribution in [0.3, 0.4) is 0 Å². The van der Waals surface area contributed by atoms with E-state index in [4.69, 9.17) is 5.73 Å². The van der Waals surface area contributed by atoms with Crippen LogP contribution in [-0.4, -0.2) is 23.9 Å². The molecule has 0 aliphatic rings. The monoisotopic (exact) mass is 254 g/mol. The lowest BCUT2D eigenvalue weighted by atomic mass is 10.0. The zero-order chi connectivity index (χ0) is 13.2. The molecule has 17 heavy (non-hydrogen) atoms. The molecule has 1 aromatic heterocycles. The van der Waals surface area contributed by atoms with Crippen LogP contribution in [0.4, 0.5) is 5.69 Å². The average molecular weight is 254 g/mol. The summed E-state index contributed by atoms with van der Waals surface area (Å²) in [7, 11) is 1.86. The predicted molar refractivity (Wildman–Crippen MR) is 74.5 cm³/mol. The fourth-order valence-corrected chi connectivity index (χ4v) is 2.74. The molecule has 1 aromatic rings. The third-order valence-corrected chi connectivity index (χ3v) is 4.02. The molecule has 4 heteroatoms. The summed E-state index contributed by atoms with van der Waals surface area (Å²) >= 11 is 1.47. The lowest BCUT2D eigenvalue weighted by Crippen LogP contribution is -2.35. The molecule has 0 fully saturated rings. The van der Waals surface area contributed by atoms with Gasteiger partial charge in [-0.1, -0.05) is 13.8 Å². The van der Waals surface area contributed by atoms with Crippen LogP contribution in [0.5, 0.6) is 0 Å². The average Bonchev–Trinajstić information content (AvgIpc) is 2.56. The van der Waals surface area contributed by atoms with Gasteiger partial charge in [-0.15, -0.1) is 11.3 Å². The van der Waals surface area contributed by atoms with Crippen LogP contribution in [0.25, 0.3) is 0 Å². The van der Waals surface area contributed by atoms with Crippen LogP contribution in [0.15, 0.2) is 6.07 Å². The SMILES string of the molecule is Cc1sc(C(=O)N(C)C(C)CC(C)C)cc1N. The van der Waals surface area contributed by atoms with Gasteiger partial charge in [-0.2, -0.15) is 0 Å². The van der Waals surface area contributed by atoms with Gasteiger partial charge in [-0.3, -0.25) is 4.79 Å². The summed E-state index contributed by atoms with van der Waals surface area (Å²) in [4.78, 5) is 15.8. The van der Waals surface area contributed by atoms with Crippen LogP contribution in [0, 0.1) is 12.8 Å². The molecule has 0 aliphatic carbocycles. The lowest BCUT2D eigenvalue weighted by molar-refractivity contribution is 0.0733. The van der Waals surface area contributed by atoms with Gasteiger partial charge in [0.25, 0.3) is 5.91 Å². The number of hydrogen-bond acceptors (Lipinski definition) is 3. The number of carbonyl (C=O) groups excluding carboxylic acids is 1. The Morgan fingerprint density at radius 1 is 1.47 bits per heavy atom. The summed E-state index contributed by atoms with van der Waals surface area (Å²) in [6.07, 6.45) is 1.02.